The minimum Gasteiger partial charge on any atom is -0.391 e. The third-order valence-corrected chi connectivity index (χ3v) is 2.59. The second-order valence-corrected chi connectivity index (χ2v) is 3.50. The van der Waals surface area contributed by atoms with Gasteiger partial charge in [0.25, 0.3) is 0 Å². The number of hydrogen-bond acceptors (Lipinski definition) is 4. The summed E-state index contributed by atoms with van der Waals surface area (Å²) in [6, 6.07) is 0. The Morgan fingerprint density at radius 1 is 1.15 bits per heavy atom. The molecule has 0 rings (SSSR count). The van der Waals surface area contributed by atoms with E-state index in [1.807, 2.05) is 13.8 Å². The fourth-order valence-corrected chi connectivity index (χ4v) is 1.57. The fraction of sp³-hybridized carbons (Fsp3) is 1.00. The minimum atomic E-state index is -0.946. The van der Waals surface area contributed by atoms with E-state index in [9.17, 15) is 10.2 Å². The molecule has 0 radical (unpaired) electrons. The van der Waals surface area contributed by atoms with Crippen LogP contribution in [0.2, 0.25) is 0 Å². The van der Waals surface area contributed by atoms with E-state index in [0.29, 0.717) is 25.8 Å². The monoisotopic (exact) mass is 190 g/mol. The zero-order valence-electron chi connectivity index (χ0n) is 8.53. The Labute approximate surface area is 79.9 Å². The molecule has 2 atom stereocenters. The number of rotatable bonds is 6. The molecule has 0 fully saturated rings. The quantitative estimate of drug-likeness (QED) is 0.457. The van der Waals surface area contributed by atoms with E-state index in [2.05, 4.69) is 0 Å². The second-order valence-electron chi connectivity index (χ2n) is 3.50. The average Bonchev–Trinajstić information content (AvgIpc) is 2.15. The van der Waals surface area contributed by atoms with Crippen molar-refractivity contribution >= 4 is 0 Å². The molecule has 4 nitrogen and oxygen atoms in total. The summed E-state index contributed by atoms with van der Waals surface area (Å²) < 4.78 is 0. The number of nitrogens with two attached hydrogens (primary N) is 2. The molecule has 0 amide bonds. The van der Waals surface area contributed by atoms with Crippen molar-refractivity contribution in [3.63, 3.8) is 0 Å². The fourth-order valence-electron chi connectivity index (χ4n) is 1.57. The predicted octanol–water partition coefficient (Wildman–Crippen LogP) is -0.425. The van der Waals surface area contributed by atoms with Gasteiger partial charge in [0.15, 0.2) is 0 Å². The second kappa shape index (κ2) is 5.54. The van der Waals surface area contributed by atoms with Gasteiger partial charge in [-0.2, -0.15) is 0 Å². The minimum absolute atomic E-state index is 0.380. The van der Waals surface area contributed by atoms with Gasteiger partial charge in [-0.3, -0.25) is 0 Å². The van der Waals surface area contributed by atoms with E-state index in [4.69, 9.17) is 11.5 Å². The third kappa shape index (κ3) is 2.91. The highest BCUT2D eigenvalue weighted by atomic mass is 16.3. The van der Waals surface area contributed by atoms with E-state index >= 15 is 0 Å². The van der Waals surface area contributed by atoms with Crippen molar-refractivity contribution in [2.45, 2.75) is 50.9 Å². The molecule has 0 saturated heterocycles. The smallest absolute Gasteiger partial charge is 0.0742 e. The van der Waals surface area contributed by atoms with Crippen LogP contribution in [0.3, 0.4) is 0 Å². The van der Waals surface area contributed by atoms with Crippen molar-refractivity contribution in [2.24, 2.45) is 11.5 Å². The number of hydrogen-bond donors (Lipinski definition) is 4. The maximum atomic E-state index is 9.67. The van der Waals surface area contributed by atoms with Crippen LogP contribution in [0.25, 0.3) is 0 Å². The average molecular weight is 190 g/mol. The molecule has 0 aliphatic carbocycles. The van der Waals surface area contributed by atoms with Crippen molar-refractivity contribution in [3.8, 4) is 0 Å². The first-order chi connectivity index (χ1) is 6.02. The van der Waals surface area contributed by atoms with Crippen molar-refractivity contribution < 1.29 is 10.2 Å². The Morgan fingerprint density at radius 2 is 1.54 bits per heavy atom. The lowest BCUT2D eigenvalue weighted by Crippen LogP contribution is -2.60. The van der Waals surface area contributed by atoms with Gasteiger partial charge >= 0.3 is 0 Å². The maximum absolute atomic E-state index is 9.67. The molecule has 0 aromatic rings. The Balaban J connectivity index is 4.50. The largest absolute Gasteiger partial charge is 0.391 e. The van der Waals surface area contributed by atoms with Crippen LogP contribution in [-0.2, 0) is 0 Å². The summed E-state index contributed by atoms with van der Waals surface area (Å²) in [5.74, 6) is 0. The highest BCUT2D eigenvalue weighted by Gasteiger charge is 2.38. The van der Waals surface area contributed by atoms with Crippen LogP contribution < -0.4 is 11.5 Å². The van der Waals surface area contributed by atoms with Crippen LogP contribution in [0.4, 0.5) is 0 Å². The van der Waals surface area contributed by atoms with Gasteiger partial charge in [-0.15, -0.1) is 0 Å². The predicted molar refractivity (Wildman–Crippen MR) is 53.2 cm³/mol. The highest BCUT2D eigenvalue weighted by molar-refractivity contribution is 4.96. The Hall–Kier alpha value is -0.160. The lowest BCUT2D eigenvalue weighted by atomic mass is 9.81. The summed E-state index contributed by atoms with van der Waals surface area (Å²) in [6.07, 6.45) is 0.134. The number of aliphatic hydroxyl groups excluding tert-OH is 2. The van der Waals surface area contributed by atoms with E-state index in [1.165, 1.54) is 0 Å². The lowest BCUT2D eigenvalue weighted by Gasteiger charge is -2.37. The first-order valence-corrected chi connectivity index (χ1v) is 4.87. The van der Waals surface area contributed by atoms with Crippen molar-refractivity contribution in [3.05, 3.63) is 0 Å². The standard InChI is InChI=1S/C9H22N2O2/c1-3-7(12)9(11,5-6-10)8(13)4-2/h7-8,12-13H,3-6,10-11H2,1-2H3. The van der Waals surface area contributed by atoms with Crippen LogP contribution >= 0.6 is 0 Å². The Bertz CT molecular complexity index is 132. The molecular formula is C9H22N2O2. The van der Waals surface area contributed by atoms with Gasteiger partial charge in [-0.25, -0.2) is 0 Å². The van der Waals surface area contributed by atoms with Crippen molar-refractivity contribution in [1.29, 1.82) is 0 Å². The SMILES string of the molecule is CCC(O)C(N)(CCN)C(O)CC. The molecule has 0 heterocycles. The molecule has 0 aliphatic heterocycles. The van der Waals surface area contributed by atoms with Gasteiger partial charge in [-0.1, -0.05) is 13.8 Å². The molecular weight excluding hydrogens is 168 g/mol. The molecule has 0 bridgehead atoms. The first-order valence-electron chi connectivity index (χ1n) is 4.87. The Kier molecular flexibility index (Phi) is 5.48. The molecule has 2 unspecified atom stereocenters. The van der Waals surface area contributed by atoms with Crippen LogP contribution in [0.1, 0.15) is 33.1 Å². The molecule has 13 heavy (non-hydrogen) atoms. The van der Waals surface area contributed by atoms with E-state index in [1.54, 1.807) is 0 Å². The summed E-state index contributed by atoms with van der Waals surface area (Å²) in [4.78, 5) is 0. The molecule has 80 valence electrons. The summed E-state index contributed by atoms with van der Waals surface area (Å²) in [5.41, 5.74) is 10.4. The van der Waals surface area contributed by atoms with Crippen molar-refractivity contribution in [1.82, 2.24) is 0 Å². The van der Waals surface area contributed by atoms with Crippen LogP contribution in [0.5, 0.6) is 0 Å². The van der Waals surface area contributed by atoms with Crippen molar-refractivity contribution in [2.75, 3.05) is 6.54 Å². The molecule has 0 aromatic carbocycles. The van der Waals surface area contributed by atoms with E-state index < -0.39 is 17.7 Å². The first kappa shape index (κ1) is 12.8. The Morgan fingerprint density at radius 3 is 1.77 bits per heavy atom. The van der Waals surface area contributed by atoms with Gasteiger partial charge in [0.05, 0.1) is 17.7 Å². The zero-order valence-corrected chi connectivity index (χ0v) is 8.53. The third-order valence-electron chi connectivity index (χ3n) is 2.59. The van der Waals surface area contributed by atoms with Crippen LogP contribution in [0.15, 0.2) is 0 Å². The lowest BCUT2D eigenvalue weighted by molar-refractivity contribution is -0.0172. The summed E-state index contributed by atoms with van der Waals surface area (Å²) >= 11 is 0. The summed E-state index contributed by atoms with van der Waals surface area (Å²) in [5, 5.41) is 19.3. The van der Waals surface area contributed by atoms with E-state index in [0.717, 1.165) is 0 Å². The normalized spacial score (nSPS) is 20.8. The van der Waals surface area contributed by atoms with Crippen LogP contribution in [-0.4, -0.2) is 34.5 Å². The summed E-state index contributed by atoms with van der Waals surface area (Å²) in [7, 11) is 0. The zero-order chi connectivity index (χ0) is 10.5. The molecule has 4 heteroatoms. The molecule has 0 aliphatic rings. The summed E-state index contributed by atoms with van der Waals surface area (Å²) in [6.45, 7) is 4.06. The molecule has 0 aromatic heterocycles. The van der Waals surface area contributed by atoms with Gasteiger partial charge in [0, 0.05) is 0 Å². The number of aliphatic hydroxyl groups is 2. The highest BCUT2D eigenvalue weighted by Crippen LogP contribution is 2.21. The van der Waals surface area contributed by atoms with Gasteiger partial charge in [0.1, 0.15) is 0 Å². The van der Waals surface area contributed by atoms with Gasteiger partial charge in [0.2, 0.25) is 0 Å². The maximum Gasteiger partial charge on any atom is 0.0742 e. The molecule has 0 spiro atoms. The van der Waals surface area contributed by atoms with E-state index in [-0.39, 0.29) is 0 Å². The molecule has 0 saturated carbocycles. The topological polar surface area (TPSA) is 92.5 Å². The van der Waals surface area contributed by atoms with Gasteiger partial charge < -0.3 is 21.7 Å². The molecule has 6 N–H and O–H groups in total. The van der Waals surface area contributed by atoms with Gasteiger partial charge in [-0.05, 0) is 25.8 Å². The van der Waals surface area contributed by atoms with Crippen LogP contribution in [0, 0.1) is 0 Å².